The summed E-state index contributed by atoms with van der Waals surface area (Å²) in [7, 11) is 0. The number of thiophene rings is 1. The van der Waals surface area contributed by atoms with Crippen molar-refractivity contribution in [3.8, 4) is 0 Å². The van der Waals surface area contributed by atoms with Gasteiger partial charge in [0, 0.05) is 10.9 Å². The molecular formula is C11H12BrNO4S. The normalized spacial score (nSPS) is 11.3. The number of nitro groups is 1. The van der Waals surface area contributed by atoms with Crippen molar-refractivity contribution in [2.45, 2.75) is 19.8 Å². The molecule has 0 bridgehead atoms. The van der Waals surface area contributed by atoms with Crippen LogP contribution in [0.3, 0.4) is 0 Å². The molecule has 0 atom stereocenters. The molecule has 98 valence electrons. The third-order valence-electron chi connectivity index (χ3n) is 1.99. The second kappa shape index (κ2) is 7.27. The van der Waals surface area contributed by atoms with Gasteiger partial charge in [0.1, 0.15) is 4.48 Å². The molecule has 0 amide bonds. The molecule has 0 saturated heterocycles. The standard InChI is InChI=1S/C11H12BrNO4S/c1-2-3-6-17-11(14)9(12)7-8-4-5-10(18-8)13(15)16/h4-5,7H,2-3,6H2,1H3/b9-7-. The van der Waals surface area contributed by atoms with Crippen molar-refractivity contribution in [2.75, 3.05) is 6.61 Å². The summed E-state index contributed by atoms with van der Waals surface area (Å²) in [5.74, 6) is -0.459. The molecule has 0 aromatic carbocycles. The van der Waals surface area contributed by atoms with E-state index in [4.69, 9.17) is 4.74 Å². The predicted molar refractivity (Wildman–Crippen MR) is 73.7 cm³/mol. The number of carbonyl (C=O) groups is 1. The molecule has 0 unspecified atom stereocenters. The minimum Gasteiger partial charge on any atom is -0.462 e. The van der Waals surface area contributed by atoms with Gasteiger partial charge in [0.25, 0.3) is 0 Å². The number of unbranched alkanes of at least 4 members (excludes halogenated alkanes) is 1. The summed E-state index contributed by atoms with van der Waals surface area (Å²) >= 11 is 4.10. The lowest BCUT2D eigenvalue weighted by Crippen LogP contribution is -2.05. The third-order valence-corrected chi connectivity index (χ3v) is 3.52. The summed E-state index contributed by atoms with van der Waals surface area (Å²) in [4.78, 5) is 22.2. The van der Waals surface area contributed by atoms with Gasteiger partial charge in [0.2, 0.25) is 0 Å². The molecule has 1 rings (SSSR count). The van der Waals surface area contributed by atoms with Crippen LogP contribution in [0.4, 0.5) is 5.00 Å². The molecule has 0 radical (unpaired) electrons. The first-order valence-electron chi connectivity index (χ1n) is 5.33. The lowest BCUT2D eigenvalue weighted by atomic mass is 10.3. The maximum absolute atomic E-state index is 11.5. The summed E-state index contributed by atoms with van der Waals surface area (Å²) in [6.45, 7) is 2.38. The Bertz CT molecular complexity index is 469. The van der Waals surface area contributed by atoms with E-state index >= 15 is 0 Å². The van der Waals surface area contributed by atoms with Crippen molar-refractivity contribution < 1.29 is 14.5 Å². The Morgan fingerprint density at radius 2 is 2.33 bits per heavy atom. The van der Waals surface area contributed by atoms with Gasteiger partial charge in [-0.3, -0.25) is 10.1 Å². The second-order valence-electron chi connectivity index (χ2n) is 3.41. The van der Waals surface area contributed by atoms with E-state index in [0.717, 1.165) is 24.2 Å². The van der Waals surface area contributed by atoms with E-state index in [1.807, 2.05) is 6.92 Å². The number of carbonyl (C=O) groups excluding carboxylic acids is 1. The van der Waals surface area contributed by atoms with Crippen molar-refractivity contribution in [1.29, 1.82) is 0 Å². The Labute approximate surface area is 117 Å². The first kappa shape index (κ1) is 14.8. The molecule has 18 heavy (non-hydrogen) atoms. The van der Waals surface area contributed by atoms with Gasteiger partial charge in [-0.25, -0.2) is 4.79 Å². The zero-order chi connectivity index (χ0) is 13.5. The zero-order valence-electron chi connectivity index (χ0n) is 9.72. The minimum atomic E-state index is -0.463. The molecule has 0 aliphatic carbocycles. The van der Waals surface area contributed by atoms with Gasteiger partial charge >= 0.3 is 11.0 Å². The lowest BCUT2D eigenvalue weighted by Gasteiger charge is -2.01. The third kappa shape index (κ3) is 4.58. The van der Waals surface area contributed by atoms with E-state index in [-0.39, 0.29) is 9.48 Å². The zero-order valence-corrected chi connectivity index (χ0v) is 12.1. The highest BCUT2D eigenvalue weighted by molar-refractivity contribution is 9.12. The number of esters is 1. The van der Waals surface area contributed by atoms with E-state index in [1.54, 1.807) is 6.07 Å². The van der Waals surface area contributed by atoms with E-state index in [0.29, 0.717) is 11.5 Å². The number of nitrogens with zero attached hydrogens (tertiary/aromatic N) is 1. The number of hydrogen-bond donors (Lipinski definition) is 0. The first-order chi connectivity index (χ1) is 8.54. The fourth-order valence-corrected chi connectivity index (χ4v) is 2.36. The summed E-state index contributed by atoms with van der Waals surface area (Å²) in [5, 5.41) is 10.5. The average Bonchev–Trinajstić information content (AvgIpc) is 2.77. The minimum absolute atomic E-state index is 0.0425. The Balaban J connectivity index is 2.63. The number of rotatable bonds is 6. The van der Waals surface area contributed by atoms with Crippen molar-refractivity contribution in [3.05, 3.63) is 31.6 Å². The van der Waals surface area contributed by atoms with Crippen LogP contribution in [0.25, 0.3) is 6.08 Å². The van der Waals surface area contributed by atoms with Crippen LogP contribution in [-0.4, -0.2) is 17.5 Å². The van der Waals surface area contributed by atoms with E-state index < -0.39 is 10.9 Å². The summed E-state index contributed by atoms with van der Waals surface area (Å²) in [6, 6.07) is 2.99. The van der Waals surface area contributed by atoms with E-state index in [2.05, 4.69) is 15.9 Å². The van der Waals surface area contributed by atoms with Crippen LogP contribution < -0.4 is 0 Å². The molecule has 1 aromatic heterocycles. The van der Waals surface area contributed by atoms with Crippen LogP contribution in [0.2, 0.25) is 0 Å². The molecule has 0 saturated carbocycles. The highest BCUT2D eigenvalue weighted by Gasteiger charge is 2.11. The first-order valence-corrected chi connectivity index (χ1v) is 6.94. The van der Waals surface area contributed by atoms with E-state index in [1.165, 1.54) is 12.1 Å². The fourth-order valence-electron chi connectivity index (χ4n) is 1.08. The maximum atomic E-state index is 11.5. The maximum Gasteiger partial charge on any atom is 0.345 e. The second-order valence-corrected chi connectivity index (χ2v) is 5.36. The number of halogens is 1. The Hall–Kier alpha value is -1.21. The van der Waals surface area contributed by atoms with Crippen LogP contribution in [0.5, 0.6) is 0 Å². The fraction of sp³-hybridized carbons (Fsp3) is 0.364. The SMILES string of the molecule is CCCCOC(=O)/C(Br)=C/c1ccc([N+](=O)[O-])s1. The van der Waals surface area contributed by atoms with Gasteiger partial charge in [-0.15, -0.1) is 0 Å². The van der Waals surface area contributed by atoms with Crippen LogP contribution in [0.15, 0.2) is 16.6 Å². The smallest absolute Gasteiger partial charge is 0.345 e. The van der Waals surface area contributed by atoms with Crippen molar-refractivity contribution in [1.82, 2.24) is 0 Å². The quantitative estimate of drug-likeness (QED) is 0.261. The molecular weight excluding hydrogens is 322 g/mol. The summed E-state index contributed by atoms with van der Waals surface area (Å²) < 4.78 is 5.25. The van der Waals surface area contributed by atoms with Gasteiger partial charge < -0.3 is 4.74 Å². The van der Waals surface area contributed by atoms with E-state index in [9.17, 15) is 14.9 Å². The predicted octanol–water partition coefficient (Wildman–Crippen LogP) is 3.74. The van der Waals surface area contributed by atoms with Crippen LogP contribution >= 0.6 is 27.3 Å². The average molecular weight is 334 g/mol. The molecule has 5 nitrogen and oxygen atoms in total. The summed E-state index contributed by atoms with van der Waals surface area (Å²) in [5.41, 5.74) is 0. The number of ether oxygens (including phenoxy) is 1. The molecule has 1 aromatic rings. The summed E-state index contributed by atoms with van der Waals surface area (Å²) in [6.07, 6.45) is 3.29. The molecule has 0 aliphatic rings. The molecule has 0 fully saturated rings. The van der Waals surface area contributed by atoms with Crippen LogP contribution in [0, 0.1) is 10.1 Å². The van der Waals surface area contributed by atoms with Crippen LogP contribution in [0.1, 0.15) is 24.6 Å². The van der Waals surface area contributed by atoms with Gasteiger partial charge in [-0.2, -0.15) is 0 Å². The van der Waals surface area contributed by atoms with Crippen LogP contribution in [-0.2, 0) is 9.53 Å². The topological polar surface area (TPSA) is 69.4 Å². The van der Waals surface area contributed by atoms with Crippen molar-refractivity contribution in [2.24, 2.45) is 0 Å². The Kier molecular flexibility index (Phi) is 6.00. The molecule has 0 spiro atoms. The van der Waals surface area contributed by atoms with Gasteiger partial charge in [0.05, 0.1) is 11.5 Å². The molecule has 0 N–H and O–H groups in total. The Morgan fingerprint density at radius 1 is 1.61 bits per heavy atom. The van der Waals surface area contributed by atoms with Gasteiger partial charge in [-0.05, 0) is 34.5 Å². The van der Waals surface area contributed by atoms with Crippen molar-refractivity contribution >= 4 is 44.3 Å². The lowest BCUT2D eigenvalue weighted by molar-refractivity contribution is -0.380. The highest BCUT2D eigenvalue weighted by Crippen LogP contribution is 2.27. The monoisotopic (exact) mass is 333 g/mol. The molecule has 1 heterocycles. The van der Waals surface area contributed by atoms with Crippen molar-refractivity contribution in [3.63, 3.8) is 0 Å². The molecule has 0 aliphatic heterocycles. The van der Waals surface area contributed by atoms with Gasteiger partial charge in [0.15, 0.2) is 0 Å². The highest BCUT2D eigenvalue weighted by atomic mass is 79.9. The van der Waals surface area contributed by atoms with Gasteiger partial charge in [-0.1, -0.05) is 24.7 Å². The largest absolute Gasteiger partial charge is 0.462 e. The number of hydrogen-bond acceptors (Lipinski definition) is 5. The molecule has 7 heteroatoms. The Morgan fingerprint density at radius 3 is 2.89 bits per heavy atom.